The Morgan fingerprint density at radius 3 is 2.79 bits per heavy atom. The molecule has 0 bridgehead atoms. The summed E-state index contributed by atoms with van der Waals surface area (Å²) in [6, 6.07) is 0. The number of hydrogen-bond donors (Lipinski definition) is 2. The van der Waals surface area contributed by atoms with Gasteiger partial charge in [-0.2, -0.15) is 8.78 Å². The van der Waals surface area contributed by atoms with Gasteiger partial charge in [-0.3, -0.25) is 19.6 Å². The van der Waals surface area contributed by atoms with E-state index in [1.807, 2.05) is 0 Å². The van der Waals surface area contributed by atoms with Crippen molar-refractivity contribution in [3.8, 4) is 0 Å². The van der Waals surface area contributed by atoms with Gasteiger partial charge in [-0.1, -0.05) is 11.3 Å². The lowest BCUT2D eigenvalue weighted by Gasteiger charge is -2.13. The maximum absolute atomic E-state index is 12.9. The Morgan fingerprint density at radius 2 is 2.36 bits per heavy atom. The number of nitrogens with zero attached hydrogens (tertiary/aromatic N) is 1. The molecule has 8 heteroatoms. The van der Waals surface area contributed by atoms with Crippen LogP contribution in [0.15, 0.2) is 16.4 Å². The molecule has 0 saturated heterocycles. The minimum absolute atomic E-state index is 0.547. The van der Waals surface area contributed by atoms with Crippen molar-refractivity contribution >= 4 is 17.2 Å². The predicted molar refractivity (Wildman–Crippen MR) is 45.9 cm³/mol. The van der Waals surface area contributed by atoms with Crippen molar-refractivity contribution in [1.82, 2.24) is 9.99 Å². The molecular formula is C6H7F2N3O2S. The average Bonchev–Trinajstić information content (AvgIpc) is 2.50. The highest BCUT2D eigenvalue weighted by Gasteiger charge is 2.39. The molecule has 0 aliphatic carbocycles. The third-order valence-corrected chi connectivity index (χ3v) is 2.17. The number of carbonyl (C=O) groups excluding carboxylic acids is 1. The van der Waals surface area contributed by atoms with E-state index in [-0.39, 0.29) is 0 Å². The Balaban J connectivity index is 2.83. The summed E-state index contributed by atoms with van der Waals surface area (Å²) < 4.78 is 26.6. The zero-order valence-corrected chi connectivity index (χ0v) is 7.68. The van der Waals surface area contributed by atoms with Crippen LogP contribution in [0.2, 0.25) is 0 Å². The van der Waals surface area contributed by atoms with E-state index in [1.54, 1.807) is 0 Å². The Labute approximate surface area is 81.1 Å². The van der Waals surface area contributed by atoms with E-state index < -0.39 is 23.2 Å². The number of aromatic nitrogens is 1. The number of hydrazine groups is 1. The zero-order chi connectivity index (χ0) is 10.8. The van der Waals surface area contributed by atoms with Gasteiger partial charge in [-0.15, -0.1) is 0 Å². The maximum atomic E-state index is 12.9. The lowest BCUT2D eigenvalue weighted by atomic mass is 10.3. The second kappa shape index (κ2) is 3.84. The highest BCUT2D eigenvalue weighted by molar-refractivity contribution is 7.07. The molecule has 0 aromatic carbocycles. The smallest absolute Gasteiger partial charge is 0.299 e. The van der Waals surface area contributed by atoms with Gasteiger partial charge in [0.05, 0.1) is 6.54 Å². The Hall–Kier alpha value is -1.28. The van der Waals surface area contributed by atoms with Crippen molar-refractivity contribution in [3.63, 3.8) is 0 Å². The van der Waals surface area contributed by atoms with Crippen LogP contribution in [0.5, 0.6) is 0 Å². The topological polar surface area (TPSA) is 77.1 Å². The number of amides is 1. The molecule has 1 heterocycles. The third kappa shape index (κ3) is 2.15. The normalized spacial score (nSPS) is 11.4. The molecule has 1 aromatic rings. The first-order valence-corrected chi connectivity index (χ1v) is 4.38. The Kier molecular flexibility index (Phi) is 2.96. The molecule has 0 spiro atoms. The molecule has 5 nitrogen and oxygen atoms in total. The van der Waals surface area contributed by atoms with Gasteiger partial charge in [-0.05, 0) is 0 Å². The molecule has 1 aromatic heterocycles. The molecule has 0 aliphatic heterocycles. The molecular weight excluding hydrogens is 216 g/mol. The van der Waals surface area contributed by atoms with Crippen molar-refractivity contribution in [1.29, 1.82) is 0 Å². The van der Waals surface area contributed by atoms with Crippen LogP contribution in [0.3, 0.4) is 0 Å². The summed E-state index contributed by atoms with van der Waals surface area (Å²) in [5, 5.41) is 1.36. The second-order valence-electron chi connectivity index (χ2n) is 2.47. The van der Waals surface area contributed by atoms with Gasteiger partial charge in [-0.25, -0.2) is 5.84 Å². The Bertz CT molecular complexity index is 386. The minimum Gasteiger partial charge on any atom is -0.299 e. The van der Waals surface area contributed by atoms with Crippen LogP contribution >= 0.6 is 11.3 Å². The molecule has 14 heavy (non-hydrogen) atoms. The van der Waals surface area contributed by atoms with Crippen LogP contribution < -0.4 is 16.1 Å². The number of halogens is 2. The first kappa shape index (κ1) is 10.8. The van der Waals surface area contributed by atoms with Gasteiger partial charge >= 0.3 is 16.7 Å². The quantitative estimate of drug-likeness (QED) is 0.413. The van der Waals surface area contributed by atoms with E-state index in [2.05, 4.69) is 5.84 Å². The van der Waals surface area contributed by atoms with Gasteiger partial charge in [0.1, 0.15) is 0 Å². The third-order valence-electron chi connectivity index (χ3n) is 1.48. The van der Waals surface area contributed by atoms with Gasteiger partial charge in [0.25, 0.3) is 0 Å². The Morgan fingerprint density at radius 1 is 1.71 bits per heavy atom. The average molecular weight is 223 g/mol. The highest BCUT2D eigenvalue weighted by atomic mass is 32.1. The van der Waals surface area contributed by atoms with E-state index in [0.717, 1.165) is 15.9 Å². The van der Waals surface area contributed by atoms with E-state index in [0.29, 0.717) is 0 Å². The molecule has 0 saturated carbocycles. The first-order chi connectivity index (χ1) is 6.47. The van der Waals surface area contributed by atoms with Crippen LogP contribution in [0.25, 0.3) is 0 Å². The van der Waals surface area contributed by atoms with Crippen molar-refractivity contribution in [2.45, 2.75) is 12.5 Å². The molecule has 0 atom stereocenters. The maximum Gasteiger partial charge on any atom is 0.343 e. The number of alkyl halides is 2. The van der Waals surface area contributed by atoms with Gasteiger partial charge < -0.3 is 0 Å². The monoisotopic (exact) mass is 223 g/mol. The van der Waals surface area contributed by atoms with Crippen molar-refractivity contribution in [2.75, 3.05) is 0 Å². The number of carbonyl (C=O) groups is 1. The summed E-state index contributed by atoms with van der Waals surface area (Å²) in [7, 11) is 0. The fraction of sp³-hybridized carbons (Fsp3) is 0.333. The van der Waals surface area contributed by atoms with Crippen molar-refractivity contribution in [2.24, 2.45) is 5.84 Å². The van der Waals surface area contributed by atoms with E-state index in [1.165, 1.54) is 17.0 Å². The van der Waals surface area contributed by atoms with E-state index in [4.69, 9.17) is 0 Å². The number of nitrogens with two attached hydrogens (primary N) is 1. The largest absolute Gasteiger partial charge is 0.343 e. The SMILES string of the molecule is NNC(=O)C(F)(F)Cn1ccsc1=O. The van der Waals surface area contributed by atoms with Crippen LogP contribution in [0.4, 0.5) is 8.78 Å². The lowest BCUT2D eigenvalue weighted by molar-refractivity contribution is -0.147. The summed E-state index contributed by atoms with van der Waals surface area (Å²) in [6.45, 7) is -1.00. The fourth-order valence-corrected chi connectivity index (χ4v) is 1.38. The summed E-state index contributed by atoms with van der Waals surface area (Å²) >= 11 is 0.776. The van der Waals surface area contributed by atoms with Gasteiger partial charge in [0, 0.05) is 11.6 Å². The molecule has 3 N–H and O–H groups in total. The predicted octanol–water partition coefficient (Wildman–Crippen LogP) is -0.465. The molecule has 0 aliphatic rings. The molecule has 1 rings (SSSR count). The molecule has 1 amide bonds. The minimum atomic E-state index is -3.68. The number of hydrogen-bond acceptors (Lipinski definition) is 4. The summed E-state index contributed by atoms with van der Waals surface area (Å²) in [4.78, 5) is 20.9. The van der Waals surface area contributed by atoms with Gasteiger partial charge in [0.2, 0.25) is 0 Å². The standard InChI is InChI=1S/C6H7F2N3O2S/c7-6(8,4(12)10-9)3-11-1-2-14-5(11)13/h1-2H,3,9H2,(H,10,12). The summed E-state index contributed by atoms with van der Waals surface area (Å²) in [6.07, 6.45) is 1.19. The fourth-order valence-electron chi connectivity index (χ4n) is 0.799. The first-order valence-electron chi connectivity index (χ1n) is 3.50. The van der Waals surface area contributed by atoms with Crippen LogP contribution in [-0.2, 0) is 11.3 Å². The molecule has 0 fully saturated rings. The van der Waals surface area contributed by atoms with E-state index >= 15 is 0 Å². The van der Waals surface area contributed by atoms with Crippen LogP contribution in [-0.4, -0.2) is 16.4 Å². The summed E-state index contributed by atoms with van der Waals surface area (Å²) in [5.74, 6) is -0.735. The molecule has 0 radical (unpaired) electrons. The molecule has 0 unspecified atom stereocenters. The molecule has 78 valence electrons. The second-order valence-corrected chi connectivity index (χ2v) is 3.33. The summed E-state index contributed by atoms with van der Waals surface area (Å²) in [5.41, 5.74) is 1.34. The van der Waals surface area contributed by atoms with E-state index in [9.17, 15) is 18.4 Å². The van der Waals surface area contributed by atoms with Gasteiger partial charge in [0.15, 0.2) is 0 Å². The van der Waals surface area contributed by atoms with Crippen molar-refractivity contribution < 1.29 is 13.6 Å². The number of nitrogens with one attached hydrogen (secondary N) is 1. The number of rotatable bonds is 3. The lowest BCUT2D eigenvalue weighted by Crippen LogP contribution is -2.46. The zero-order valence-electron chi connectivity index (χ0n) is 6.87. The van der Waals surface area contributed by atoms with Crippen LogP contribution in [0, 0.1) is 0 Å². The van der Waals surface area contributed by atoms with Crippen molar-refractivity contribution in [3.05, 3.63) is 21.2 Å². The number of thiazole rings is 1. The highest BCUT2D eigenvalue weighted by Crippen LogP contribution is 2.15. The van der Waals surface area contributed by atoms with Crippen LogP contribution in [0.1, 0.15) is 0 Å².